The number of likely N-dealkylation sites (tertiary alicyclic amines) is 1. The lowest BCUT2D eigenvalue weighted by Gasteiger charge is -2.32. The second kappa shape index (κ2) is 5.80. The summed E-state index contributed by atoms with van der Waals surface area (Å²) in [4.78, 5) is 1.79. The summed E-state index contributed by atoms with van der Waals surface area (Å²) in [5.41, 5.74) is 0.709. The van der Waals surface area contributed by atoms with Crippen LogP contribution in [0.3, 0.4) is 0 Å². The minimum Gasteiger partial charge on any atom is -0.299 e. The molecule has 20 heavy (non-hydrogen) atoms. The first-order valence-corrected chi connectivity index (χ1v) is 6.37. The molecule has 0 radical (unpaired) electrons. The van der Waals surface area contributed by atoms with Gasteiger partial charge in [0.25, 0.3) is 0 Å². The summed E-state index contributed by atoms with van der Waals surface area (Å²) in [5, 5.41) is 8.77. The molecule has 1 aliphatic rings. The van der Waals surface area contributed by atoms with Crippen molar-refractivity contribution in [2.45, 2.75) is 25.6 Å². The number of hydrogen-bond acceptors (Lipinski definition) is 2. The number of nitrogens with zero attached hydrogens (tertiary/aromatic N) is 2. The molecule has 0 N–H and O–H groups in total. The van der Waals surface area contributed by atoms with E-state index in [4.69, 9.17) is 5.26 Å². The van der Waals surface area contributed by atoms with E-state index in [1.165, 1.54) is 18.2 Å². The zero-order valence-electron chi connectivity index (χ0n) is 10.8. The van der Waals surface area contributed by atoms with Crippen LogP contribution in [-0.4, -0.2) is 24.2 Å². The van der Waals surface area contributed by atoms with E-state index in [0.717, 1.165) is 0 Å². The van der Waals surface area contributed by atoms with E-state index in [9.17, 15) is 17.6 Å². The van der Waals surface area contributed by atoms with Gasteiger partial charge in [0, 0.05) is 12.1 Å². The third kappa shape index (κ3) is 3.48. The van der Waals surface area contributed by atoms with Crippen molar-refractivity contribution in [2.75, 3.05) is 13.1 Å². The molecule has 0 spiro atoms. The molecule has 1 heterocycles. The number of rotatable bonds is 2. The van der Waals surface area contributed by atoms with Crippen LogP contribution >= 0.6 is 0 Å². The highest BCUT2D eigenvalue weighted by Gasteiger charge is 2.40. The second-order valence-corrected chi connectivity index (χ2v) is 5.01. The Hall–Kier alpha value is -1.61. The van der Waals surface area contributed by atoms with E-state index >= 15 is 0 Å². The first kappa shape index (κ1) is 14.8. The molecule has 1 aliphatic heterocycles. The Bertz CT molecular complexity index is 511. The van der Waals surface area contributed by atoms with E-state index in [1.807, 2.05) is 6.07 Å². The van der Waals surface area contributed by atoms with Gasteiger partial charge in [0.15, 0.2) is 0 Å². The van der Waals surface area contributed by atoms with Crippen molar-refractivity contribution in [3.63, 3.8) is 0 Å². The van der Waals surface area contributed by atoms with Crippen LogP contribution in [0.25, 0.3) is 0 Å². The highest BCUT2D eigenvalue weighted by atomic mass is 19.4. The van der Waals surface area contributed by atoms with Crippen molar-refractivity contribution in [1.29, 1.82) is 5.26 Å². The van der Waals surface area contributed by atoms with E-state index in [0.29, 0.717) is 24.2 Å². The highest BCUT2D eigenvalue weighted by Crippen LogP contribution is 2.34. The Morgan fingerprint density at radius 3 is 2.45 bits per heavy atom. The van der Waals surface area contributed by atoms with Gasteiger partial charge in [-0.2, -0.15) is 18.4 Å². The van der Waals surface area contributed by atoms with E-state index in [1.54, 1.807) is 4.90 Å². The Morgan fingerprint density at radius 2 is 1.90 bits per heavy atom. The molecule has 0 bridgehead atoms. The Morgan fingerprint density at radius 1 is 1.25 bits per heavy atom. The van der Waals surface area contributed by atoms with Crippen molar-refractivity contribution >= 4 is 0 Å². The summed E-state index contributed by atoms with van der Waals surface area (Å²) in [7, 11) is 0. The standard InChI is InChI=1S/C14H14F4N2/c15-13-2-1-10(8-19)7-11(13)9-20-5-3-12(4-6-20)14(16,17)18/h1-2,7,12H,3-6,9H2. The summed E-state index contributed by atoms with van der Waals surface area (Å²) in [6, 6.07) is 5.98. The Kier molecular flexibility index (Phi) is 4.29. The van der Waals surface area contributed by atoms with Crippen molar-refractivity contribution in [3.8, 4) is 6.07 Å². The molecular weight excluding hydrogens is 272 g/mol. The highest BCUT2D eigenvalue weighted by molar-refractivity contribution is 5.33. The average Bonchev–Trinajstić information content (AvgIpc) is 2.41. The summed E-state index contributed by atoms with van der Waals surface area (Å²) >= 11 is 0. The fourth-order valence-corrected chi connectivity index (χ4v) is 2.42. The average molecular weight is 286 g/mol. The maximum atomic E-state index is 13.6. The molecule has 108 valence electrons. The second-order valence-electron chi connectivity index (χ2n) is 5.01. The lowest BCUT2D eigenvalue weighted by molar-refractivity contribution is -0.185. The number of piperidine rings is 1. The topological polar surface area (TPSA) is 27.0 Å². The molecular formula is C14H14F4N2. The van der Waals surface area contributed by atoms with Gasteiger partial charge >= 0.3 is 6.18 Å². The minimum absolute atomic E-state index is 0.0447. The predicted octanol–water partition coefficient (Wildman–Crippen LogP) is 3.47. The molecule has 2 nitrogen and oxygen atoms in total. The van der Waals surface area contributed by atoms with E-state index in [2.05, 4.69) is 0 Å². The molecule has 6 heteroatoms. The molecule has 0 aromatic heterocycles. The summed E-state index contributed by atoms with van der Waals surface area (Å²) in [6.45, 7) is 0.826. The van der Waals surface area contributed by atoms with Gasteiger partial charge in [-0.15, -0.1) is 0 Å². The van der Waals surface area contributed by atoms with Gasteiger partial charge in [-0.3, -0.25) is 4.90 Å². The van der Waals surface area contributed by atoms with Gasteiger partial charge in [-0.05, 0) is 44.1 Å². The van der Waals surface area contributed by atoms with Crippen LogP contribution < -0.4 is 0 Å². The van der Waals surface area contributed by atoms with Crippen molar-refractivity contribution < 1.29 is 17.6 Å². The van der Waals surface area contributed by atoms with Crippen LogP contribution in [0.4, 0.5) is 17.6 Å². The van der Waals surface area contributed by atoms with E-state index in [-0.39, 0.29) is 19.4 Å². The van der Waals surface area contributed by atoms with Crippen molar-refractivity contribution in [2.24, 2.45) is 5.92 Å². The molecule has 0 aliphatic carbocycles. The van der Waals surface area contributed by atoms with Gasteiger partial charge in [0.2, 0.25) is 0 Å². The zero-order chi connectivity index (χ0) is 14.8. The van der Waals surface area contributed by atoms with Gasteiger partial charge in [0.1, 0.15) is 5.82 Å². The molecule has 1 aromatic rings. The normalized spacial score (nSPS) is 17.9. The monoisotopic (exact) mass is 286 g/mol. The smallest absolute Gasteiger partial charge is 0.299 e. The molecule has 1 aromatic carbocycles. The Balaban J connectivity index is 1.98. The largest absolute Gasteiger partial charge is 0.391 e. The maximum absolute atomic E-state index is 13.6. The molecule has 2 rings (SSSR count). The van der Waals surface area contributed by atoms with Crippen LogP contribution in [0.5, 0.6) is 0 Å². The minimum atomic E-state index is -4.14. The van der Waals surface area contributed by atoms with Gasteiger partial charge in [-0.25, -0.2) is 4.39 Å². The predicted molar refractivity (Wildman–Crippen MR) is 65.2 cm³/mol. The molecule has 0 saturated carbocycles. The number of nitriles is 1. The number of halogens is 4. The van der Waals surface area contributed by atoms with Gasteiger partial charge in [-0.1, -0.05) is 0 Å². The van der Waals surface area contributed by atoms with Crippen LogP contribution in [0, 0.1) is 23.1 Å². The van der Waals surface area contributed by atoms with Crippen LogP contribution in [-0.2, 0) is 6.54 Å². The first-order valence-electron chi connectivity index (χ1n) is 6.37. The molecule has 1 fully saturated rings. The summed E-state index contributed by atoms with van der Waals surface area (Å²) in [5.74, 6) is -1.68. The van der Waals surface area contributed by atoms with Crippen LogP contribution in [0.15, 0.2) is 18.2 Å². The number of hydrogen-bond donors (Lipinski definition) is 0. The molecule has 0 atom stereocenters. The number of benzene rings is 1. The van der Waals surface area contributed by atoms with E-state index < -0.39 is 17.9 Å². The SMILES string of the molecule is N#Cc1ccc(F)c(CN2CCC(C(F)(F)F)CC2)c1. The van der Waals surface area contributed by atoms with Gasteiger partial charge < -0.3 is 0 Å². The maximum Gasteiger partial charge on any atom is 0.391 e. The van der Waals surface area contributed by atoms with Gasteiger partial charge in [0.05, 0.1) is 17.6 Å². The zero-order valence-corrected chi connectivity index (χ0v) is 10.8. The third-order valence-corrected chi connectivity index (χ3v) is 3.62. The lowest BCUT2D eigenvalue weighted by Crippen LogP contribution is -2.38. The quantitative estimate of drug-likeness (QED) is 0.778. The van der Waals surface area contributed by atoms with Crippen molar-refractivity contribution in [3.05, 3.63) is 35.1 Å². The summed E-state index contributed by atoms with van der Waals surface area (Å²) < 4.78 is 51.2. The fraction of sp³-hybridized carbons (Fsp3) is 0.500. The third-order valence-electron chi connectivity index (χ3n) is 3.62. The molecule has 0 unspecified atom stereocenters. The molecule has 1 saturated heterocycles. The Labute approximate surface area is 114 Å². The summed E-state index contributed by atoms with van der Waals surface area (Å²) in [6.07, 6.45) is -4.05. The lowest BCUT2D eigenvalue weighted by atomic mass is 9.96. The first-order chi connectivity index (χ1) is 9.40. The number of alkyl halides is 3. The molecule has 0 amide bonds. The van der Waals surface area contributed by atoms with Crippen LogP contribution in [0.2, 0.25) is 0 Å². The van der Waals surface area contributed by atoms with Crippen LogP contribution in [0.1, 0.15) is 24.0 Å². The van der Waals surface area contributed by atoms with Crippen molar-refractivity contribution in [1.82, 2.24) is 4.90 Å². The fourth-order valence-electron chi connectivity index (χ4n) is 2.42.